The Morgan fingerprint density at radius 3 is 2.88 bits per heavy atom. The molecular formula is C11H16IN3O. The van der Waals surface area contributed by atoms with E-state index < -0.39 is 0 Å². The zero-order chi connectivity index (χ0) is 11.2. The average Bonchev–Trinajstić information content (AvgIpc) is 2.33. The monoisotopic (exact) mass is 333 g/mol. The van der Waals surface area contributed by atoms with Crippen LogP contribution in [0.5, 0.6) is 0 Å². The van der Waals surface area contributed by atoms with Crippen LogP contribution in [0.2, 0.25) is 0 Å². The van der Waals surface area contributed by atoms with Crippen LogP contribution in [-0.2, 0) is 4.74 Å². The van der Waals surface area contributed by atoms with Gasteiger partial charge in [0.2, 0.25) is 0 Å². The van der Waals surface area contributed by atoms with Crippen LogP contribution in [0.3, 0.4) is 0 Å². The Hall–Kier alpha value is -0.400. The molecule has 0 unspecified atom stereocenters. The molecule has 1 saturated heterocycles. The van der Waals surface area contributed by atoms with Gasteiger partial charge in [0.25, 0.3) is 0 Å². The molecule has 0 saturated carbocycles. The first-order valence-electron chi connectivity index (χ1n) is 5.50. The summed E-state index contributed by atoms with van der Waals surface area (Å²) in [5.74, 6) is 0.952. The minimum atomic E-state index is 0.863. The molecule has 1 aromatic heterocycles. The third-order valence-corrected chi connectivity index (χ3v) is 3.20. The second kappa shape index (κ2) is 6.36. The van der Waals surface area contributed by atoms with Gasteiger partial charge in [-0.2, -0.15) is 0 Å². The van der Waals surface area contributed by atoms with Crippen LogP contribution in [0.4, 0.5) is 5.82 Å². The fraction of sp³-hybridized carbons (Fsp3) is 0.545. The minimum Gasteiger partial charge on any atom is -0.379 e. The highest BCUT2D eigenvalue weighted by Crippen LogP contribution is 2.06. The van der Waals surface area contributed by atoms with Gasteiger partial charge in [0.05, 0.1) is 13.2 Å². The molecule has 1 aliphatic heterocycles. The van der Waals surface area contributed by atoms with Gasteiger partial charge in [-0.3, -0.25) is 4.90 Å². The normalized spacial score (nSPS) is 17.3. The van der Waals surface area contributed by atoms with Gasteiger partial charge in [0, 0.05) is 35.9 Å². The number of aromatic nitrogens is 1. The molecule has 1 N–H and O–H groups in total. The summed E-state index contributed by atoms with van der Waals surface area (Å²) in [6.07, 6.45) is 1.87. The second-order valence-electron chi connectivity index (χ2n) is 3.74. The lowest BCUT2D eigenvalue weighted by atomic mass is 10.4. The summed E-state index contributed by atoms with van der Waals surface area (Å²) in [6.45, 7) is 5.80. The maximum atomic E-state index is 5.30. The van der Waals surface area contributed by atoms with E-state index in [4.69, 9.17) is 4.74 Å². The topological polar surface area (TPSA) is 37.4 Å². The van der Waals surface area contributed by atoms with Crippen molar-refractivity contribution in [2.75, 3.05) is 44.7 Å². The Bertz CT molecular complexity index is 312. The van der Waals surface area contributed by atoms with Crippen LogP contribution in [0.15, 0.2) is 18.3 Å². The summed E-state index contributed by atoms with van der Waals surface area (Å²) in [6, 6.07) is 4.08. The molecule has 1 aliphatic rings. The first-order valence-corrected chi connectivity index (χ1v) is 6.58. The third-order valence-electron chi connectivity index (χ3n) is 2.57. The molecule has 2 heterocycles. The maximum Gasteiger partial charge on any atom is 0.125 e. The molecular weight excluding hydrogens is 317 g/mol. The van der Waals surface area contributed by atoms with Crippen LogP contribution < -0.4 is 5.32 Å². The number of anilines is 1. The first kappa shape index (κ1) is 12.1. The van der Waals surface area contributed by atoms with E-state index in [9.17, 15) is 0 Å². The van der Waals surface area contributed by atoms with Gasteiger partial charge < -0.3 is 10.1 Å². The molecule has 2 rings (SSSR count). The van der Waals surface area contributed by atoms with Crippen LogP contribution >= 0.6 is 22.6 Å². The summed E-state index contributed by atoms with van der Waals surface area (Å²) >= 11 is 2.26. The van der Waals surface area contributed by atoms with Crippen LogP contribution in [0.25, 0.3) is 0 Å². The van der Waals surface area contributed by atoms with Crippen molar-refractivity contribution in [1.82, 2.24) is 9.88 Å². The number of halogens is 1. The summed E-state index contributed by atoms with van der Waals surface area (Å²) in [4.78, 5) is 6.71. The highest BCUT2D eigenvalue weighted by molar-refractivity contribution is 14.1. The lowest BCUT2D eigenvalue weighted by molar-refractivity contribution is 0.0398. The van der Waals surface area contributed by atoms with Gasteiger partial charge in [-0.15, -0.1) is 0 Å². The van der Waals surface area contributed by atoms with Crippen molar-refractivity contribution in [3.05, 3.63) is 21.9 Å². The molecule has 1 fully saturated rings. The van der Waals surface area contributed by atoms with E-state index in [2.05, 4.69) is 43.9 Å². The van der Waals surface area contributed by atoms with Gasteiger partial charge in [0.15, 0.2) is 0 Å². The first-order chi connectivity index (χ1) is 7.84. The van der Waals surface area contributed by atoms with Crippen molar-refractivity contribution >= 4 is 28.4 Å². The van der Waals surface area contributed by atoms with E-state index in [0.717, 1.165) is 48.8 Å². The molecule has 0 atom stereocenters. The molecule has 0 amide bonds. The molecule has 88 valence electrons. The summed E-state index contributed by atoms with van der Waals surface area (Å²) in [7, 11) is 0. The fourth-order valence-corrected chi connectivity index (χ4v) is 1.97. The van der Waals surface area contributed by atoms with E-state index in [1.807, 2.05) is 12.3 Å². The van der Waals surface area contributed by atoms with Crippen molar-refractivity contribution < 1.29 is 4.74 Å². The van der Waals surface area contributed by atoms with Crippen molar-refractivity contribution in [2.24, 2.45) is 0 Å². The Labute approximate surface area is 110 Å². The minimum absolute atomic E-state index is 0.863. The second-order valence-corrected chi connectivity index (χ2v) is 4.99. The van der Waals surface area contributed by atoms with Crippen LogP contribution in [0.1, 0.15) is 0 Å². The maximum absolute atomic E-state index is 5.30. The van der Waals surface area contributed by atoms with E-state index in [0.29, 0.717) is 0 Å². The Balaban J connectivity index is 1.69. The lowest BCUT2D eigenvalue weighted by Gasteiger charge is -2.26. The predicted octanol–water partition coefficient (Wildman–Crippen LogP) is 1.43. The third kappa shape index (κ3) is 3.88. The predicted molar refractivity (Wildman–Crippen MR) is 72.7 cm³/mol. The molecule has 5 heteroatoms. The fourth-order valence-electron chi connectivity index (χ4n) is 1.65. The number of hydrogen-bond donors (Lipinski definition) is 1. The Morgan fingerprint density at radius 1 is 1.38 bits per heavy atom. The van der Waals surface area contributed by atoms with Crippen molar-refractivity contribution in [2.45, 2.75) is 0 Å². The summed E-state index contributed by atoms with van der Waals surface area (Å²) < 4.78 is 6.47. The summed E-state index contributed by atoms with van der Waals surface area (Å²) in [5, 5.41) is 3.32. The van der Waals surface area contributed by atoms with E-state index in [1.165, 1.54) is 0 Å². The van der Waals surface area contributed by atoms with Crippen molar-refractivity contribution in [1.29, 1.82) is 0 Å². The molecule has 16 heavy (non-hydrogen) atoms. The zero-order valence-corrected chi connectivity index (χ0v) is 11.3. The molecule has 0 bridgehead atoms. The number of pyridine rings is 1. The zero-order valence-electron chi connectivity index (χ0n) is 9.16. The average molecular weight is 333 g/mol. The van der Waals surface area contributed by atoms with Gasteiger partial charge in [-0.25, -0.2) is 4.98 Å². The number of morpholine rings is 1. The van der Waals surface area contributed by atoms with Gasteiger partial charge in [0.1, 0.15) is 5.82 Å². The smallest absolute Gasteiger partial charge is 0.125 e. The SMILES string of the molecule is Ic1ccc(NCCN2CCOCC2)nc1. The van der Waals surface area contributed by atoms with E-state index in [1.54, 1.807) is 0 Å². The largest absolute Gasteiger partial charge is 0.379 e. The molecule has 0 aliphatic carbocycles. The number of ether oxygens (including phenoxy) is 1. The van der Waals surface area contributed by atoms with Crippen molar-refractivity contribution in [3.8, 4) is 0 Å². The highest BCUT2D eigenvalue weighted by Gasteiger charge is 2.08. The molecule has 4 nitrogen and oxygen atoms in total. The van der Waals surface area contributed by atoms with Crippen LogP contribution in [-0.4, -0.2) is 49.3 Å². The van der Waals surface area contributed by atoms with Crippen molar-refractivity contribution in [3.63, 3.8) is 0 Å². The highest BCUT2D eigenvalue weighted by atomic mass is 127. The van der Waals surface area contributed by atoms with Gasteiger partial charge in [-0.1, -0.05) is 0 Å². The van der Waals surface area contributed by atoms with E-state index in [-0.39, 0.29) is 0 Å². The standard InChI is InChI=1S/C11H16IN3O/c12-10-1-2-11(14-9-10)13-3-4-15-5-7-16-8-6-15/h1-2,9H,3-8H2,(H,13,14). The lowest BCUT2D eigenvalue weighted by Crippen LogP contribution is -2.39. The molecule has 0 aromatic carbocycles. The molecule has 0 spiro atoms. The Morgan fingerprint density at radius 2 is 2.19 bits per heavy atom. The number of nitrogens with one attached hydrogen (secondary N) is 1. The molecule has 1 aromatic rings. The number of rotatable bonds is 4. The van der Waals surface area contributed by atoms with Crippen LogP contribution in [0, 0.1) is 3.57 Å². The Kier molecular flexibility index (Phi) is 4.80. The summed E-state index contributed by atoms with van der Waals surface area (Å²) in [5.41, 5.74) is 0. The van der Waals surface area contributed by atoms with E-state index >= 15 is 0 Å². The van der Waals surface area contributed by atoms with Gasteiger partial charge >= 0.3 is 0 Å². The number of hydrogen-bond acceptors (Lipinski definition) is 4. The number of nitrogens with zero attached hydrogens (tertiary/aromatic N) is 2. The quantitative estimate of drug-likeness (QED) is 0.846. The van der Waals surface area contributed by atoms with Gasteiger partial charge in [-0.05, 0) is 34.7 Å². The molecule has 0 radical (unpaired) electrons.